The van der Waals surface area contributed by atoms with E-state index in [0.29, 0.717) is 27.8 Å². The number of anilines is 1. The van der Waals surface area contributed by atoms with E-state index in [-0.39, 0.29) is 11.6 Å². The van der Waals surface area contributed by atoms with E-state index in [1.807, 2.05) is 0 Å². The molecule has 2 aromatic rings. The standard InChI is InChI=1S/C25H31ClF3N3O5S/c1-16(23(34)30-24(2,3)4)31(14-17-7-10-19(37-5)11-8-17)22(33)15-32(38(6,35)36)21-13-18(25(27,28)29)9-12-20(21)26/h7-13,16H,14-15H2,1-6H3,(H,30,34)/t16-/m0/s1. The number of nitrogens with zero attached hydrogens (tertiary/aromatic N) is 2. The zero-order valence-corrected chi connectivity index (χ0v) is 23.5. The van der Waals surface area contributed by atoms with Crippen LogP contribution in [-0.4, -0.2) is 56.6 Å². The SMILES string of the molecule is COc1ccc(CN(C(=O)CN(c2cc(C(F)(F)F)ccc2Cl)S(C)(=O)=O)[C@@H](C)C(=O)NC(C)(C)C)cc1. The predicted molar refractivity (Wildman–Crippen MR) is 140 cm³/mol. The molecule has 0 saturated heterocycles. The van der Waals surface area contributed by atoms with Crippen molar-refractivity contribution < 1.29 is 35.9 Å². The minimum atomic E-state index is -4.77. The maximum absolute atomic E-state index is 13.6. The van der Waals surface area contributed by atoms with Gasteiger partial charge in [0.15, 0.2) is 0 Å². The molecule has 2 rings (SSSR count). The normalized spacial score (nSPS) is 13.0. The molecule has 0 aliphatic heterocycles. The summed E-state index contributed by atoms with van der Waals surface area (Å²) >= 11 is 6.08. The molecule has 38 heavy (non-hydrogen) atoms. The second kappa shape index (κ2) is 11.8. The third kappa shape index (κ3) is 8.52. The molecule has 1 atom stereocenters. The van der Waals surface area contributed by atoms with Gasteiger partial charge in [0.05, 0.1) is 29.6 Å². The van der Waals surface area contributed by atoms with E-state index in [1.54, 1.807) is 45.0 Å². The third-order valence-electron chi connectivity index (χ3n) is 5.40. The summed E-state index contributed by atoms with van der Waals surface area (Å²) in [7, 11) is -2.78. The summed E-state index contributed by atoms with van der Waals surface area (Å²) in [4.78, 5) is 27.7. The number of amides is 2. The van der Waals surface area contributed by atoms with E-state index in [2.05, 4.69) is 5.32 Å². The van der Waals surface area contributed by atoms with Gasteiger partial charge in [-0.15, -0.1) is 0 Å². The number of hydrogen-bond donors (Lipinski definition) is 1. The largest absolute Gasteiger partial charge is 0.497 e. The number of nitrogens with one attached hydrogen (secondary N) is 1. The quantitative estimate of drug-likeness (QED) is 0.475. The summed E-state index contributed by atoms with van der Waals surface area (Å²) in [5, 5.41) is 2.48. The number of sulfonamides is 1. The monoisotopic (exact) mass is 577 g/mol. The minimum absolute atomic E-state index is 0.0878. The van der Waals surface area contributed by atoms with Gasteiger partial charge in [0.1, 0.15) is 18.3 Å². The highest BCUT2D eigenvalue weighted by molar-refractivity contribution is 7.92. The van der Waals surface area contributed by atoms with Crippen molar-refractivity contribution in [1.29, 1.82) is 0 Å². The molecule has 0 unspecified atom stereocenters. The average molecular weight is 578 g/mol. The van der Waals surface area contributed by atoms with Gasteiger partial charge < -0.3 is 15.0 Å². The van der Waals surface area contributed by atoms with E-state index in [9.17, 15) is 31.2 Å². The summed E-state index contributed by atoms with van der Waals surface area (Å²) < 4.78 is 70.9. The molecule has 210 valence electrons. The molecule has 0 aliphatic carbocycles. The van der Waals surface area contributed by atoms with E-state index in [4.69, 9.17) is 16.3 Å². The van der Waals surface area contributed by atoms with Crippen LogP contribution in [0.5, 0.6) is 5.75 Å². The first-order valence-corrected chi connectivity index (χ1v) is 13.6. The van der Waals surface area contributed by atoms with Crippen LogP contribution in [0, 0.1) is 0 Å². The molecule has 2 aromatic carbocycles. The fraction of sp³-hybridized carbons (Fsp3) is 0.440. The Labute approximate surface area is 225 Å². The molecule has 0 bridgehead atoms. The van der Waals surface area contributed by atoms with Crippen LogP contribution in [0.4, 0.5) is 18.9 Å². The van der Waals surface area contributed by atoms with Crippen LogP contribution in [0.1, 0.15) is 38.8 Å². The van der Waals surface area contributed by atoms with Crippen LogP contribution in [-0.2, 0) is 32.3 Å². The van der Waals surface area contributed by atoms with Crippen LogP contribution >= 0.6 is 11.6 Å². The van der Waals surface area contributed by atoms with E-state index < -0.39 is 57.4 Å². The van der Waals surface area contributed by atoms with Crippen molar-refractivity contribution in [3.8, 4) is 5.75 Å². The lowest BCUT2D eigenvalue weighted by molar-refractivity contribution is -0.140. The fourth-order valence-corrected chi connectivity index (χ4v) is 4.58. The van der Waals surface area contributed by atoms with Crippen molar-refractivity contribution in [2.75, 3.05) is 24.2 Å². The molecule has 2 amide bonds. The summed E-state index contributed by atoms with van der Waals surface area (Å²) in [6, 6.07) is 7.80. The molecule has 0 fully saturated rings. The van der Waals surface area contributed by atoms with Gasteiger partial charge in [-0.1, -0.05) is 23.7 Å². The minimum Gasteiger partial charge on any atom is -0.497 e. The Balaban J connectivity index is 2.51. The fourth-order valence-electron chi connectivity index (χ4n) is 3.46. The van der Waals surface area contributed by atoms with E-state index in [0.717, 1.165) is 17.2 Å². The molecule has 0 heterocycles. The first kappa shape index (κ1) is 31.2. The Morgan fingerprint density at radius 1 is 1.08 bits per heavy atom. The Hall–Kier alpha value is -2.99. The Kier molecular flexibility index (Phi) is 9.71. The summed E-state index contributed by atoms with van der Waals surface area (Å²) in [6.45, 7) is 5.78. The van der Waals surface area contributed by atoms with Crippen molar-refractivity contribution in [3.05, 3.63) is 58.6 Å². The van der Waals surface area contributed by atoms with Crippen molar-refractivity contribution in [2.45, 2.75) is 52.0 Å². The maximum atomic E-state index is 13.6. The van der Waals surface area contributed by atoms with Gasteiger partial charge in [-0.2, -0.15) is 13.2 Å². The molecular weight excluding hydrogens is 547 g/mol. The topological polar surface area (TPSA) is 96.0 Å². The lowest BCUT2D eigenvalue weighted by Gasteiger charge is -2.33. The van der Waals surface area contributed by atoms with Crippen LogP contribution in [0.25, 0.3) is 0 Å². The van der Waals surface area contributed by atoms with Gasteiger partial charge in [-0.05, 0) is 63.6 Å². The molecule has 0 saturated carbocycles. The van der Waals surface area contributed by atoms with Gasteiger partial charge in [0.2, 0.25) is 21.8 Å². The average Bonchev–Trinajstić information content (AvgIpc) is 2.78. The third-order valence-corrected chi connectivity index (χ3v) is 6.84. The van der Waals surface area contributed by atoms with Gasteiger partial charge in [0, 0.05) is 12.1 Å². The van der Waals surface area contributed by atoms with Crippen molar-refractivity contribution in [2.24, 2.45) is 0 Å². The molecule has 0 aliphatic rings. The molecule has 8 nitrogen and oxygen atoms in total. The van der Waals surface area contributed by atoms with Crippen molar-refractivity contribution in [3.63, 3.8) is 0 Å². The Morgan fingerprint density at radius 2 is 1.66 bits per heavy atom. The second-order valence-electron chi connectivity index (χ2n) is 9.72. The van der Waals surface area contributed by atoms with E-state index in [1.165, 1.54) is 14.0 Å². The molecule has 0 spiro atoms. The van der Waals surface area contributed by atoms with Crippen LogP contribution in [0.15, 0.2) is 42.5 Å². The van der Waals surface area contributed by atoms with Crippen molar-refractivity contribution in [1.82, 2.24) is 10.2 Å². The number of alkyl halides is 3. The highest BCUT2D eigenvalue weighted by atomic mass is 35.5. The van der Waals surface area contributed by atoms with Gasteiger partial charge in [0.25, 0.3) is 0 Å². The van der Waals surface area contributed by atoms with Crippen LogP contribution < -0.4 is 14.4 Å². The number of halogens is 4. The number of carbonyl (C=O) groups is 2. The van der Waals surface area contributed by atoms with Gasteiger partial charge >= 0.3 is 6.18 Å². The number of methoxy groups -OCH3 is 1. The summed E-state index contributed by atoms with van der Waals surface area (Å²) in [6.07, 6.45) is -4.02. The number of rotatable bonds is 9. The van der Waals surface area contributed by atoms with Crippen LogP contribution in [0.2, 0.25) is 5.02 Å². The first-order chi connectivity index (χ1) is 17.3. The zero-order valence-electron chi connectivity index (χ0n) is 21.9. The van der Waals surface area contributed by atoms with Crippen LogP contribution in [0.3, 0.4) is 0 Å². The van der Waals surface area contributed by atoms with Crippen molar-refractivity contribution >= 4 is 39.1 Å². The number of benzene rings is 2. The molecule has 1 N–H and O–H groups in total. The summed E-state index contributed by atoms with van der Waals surface area (Å²) in [5.41, 5.74) is -1.65. The number of carbonyl (C=O) groups excluding carboxylic acids is 2. The maximum Gasteiger partial charge on any atom is 0.416 e. The van der Waals surface area contributed by atoms with Gasteiger partial charge in [-0.3, -0.25) is 13.9 Å². The lowest BCUT2D eigenvalue weighted by Crippen LogP contribution is -2.54. The summed E-state index contributed by atoms with van der Waals surface area (Å²) in [5.74, 6) is -0.758. The first-order valence-electron chi connectivity index (χ1n) is 11.4. The molecular formula is C25H31ClF3N3O5S. The molecule has 0 aromatic heterocycles. The smallest absolute Gasteiger partial charge is 0.416 e. The number of hydrogen-bond acceptors (Lipinski definition) is 5. The zero-order chi connectivity index (χ0) is 29.1. The highest BCUT2D eigenvalue weighted by Gasteiger charge is 2.35. The lowest BCUT2D eigenvalue weighted by atomic mass is 10.1. The number of ether oxygens (including phenoxy) is 1. The Morgan fingerprint density at radius 3 is 2.13 bits per heavy atom. The molecule has 13 heteroatoms. The second-order valence-corrected chi connectivity index (χ2v) is 12.0. The predicted octanol–water partition coefficient (Wildman–Crippen LogP) is 4.47. The van der Waals surface area contributed by atoms with Gasteiger partial charge in [-0.25, -0.2) is 8.42 Å². The Bertz CT molecular complexity index is 1260. The van der Waals surface area contributed by atoms with E-state index >= 15 is 0 Å². The highest BCUT2D eigenvalue weighted by Crippen LogP contribution is 2.36. The molecule has 0 radical (unpaired) electrons.